The summed E-state index contributed by atoms with van der Waals surface area (Å²) in [7, 11) is 0. The summed E-state index contributed by atoms with van der Waals surface area (Å²) in [5.74, 6) is -0.00898. The number of carbonyl (C=O) groups excluding carboxylic acids is 2. The van der Waals surface area contributed by atoms with Gasteiger partial charge in [0.25, 0.3) is 0 Å². The molecular weight excluding hydrogens is 412 g/mol. The van der Waals surface area contributed by atoms with Crippen molar-refractivity contribution >= 4 is 23.3 Å². The predicted octanol–water partition coefficient (Wildman–Crippen LogP) is 5.37. The fourth-order valence-electron chi connectivity index (χ4n) is 3.84. The van der Waals surface area contributed by atoms with Crippen molar-refractivity contribution in [2.45, 2.75) is 51.0 Å². The summed E-state index contributed by atoms with van der Waals surface area (Å²) in [5, 5.41) is 8.67. The molecule has 3 N–H and O–H groups in total. The molecule has 0 aliphatic heterocycles. The van der Waals surface area contributed by atoms with Gasteiger partial charge in [0.15, 0.2) is 0 Å². The Morgan fingerprint density at radius 3 is 2.15 bits per heavy atom. The zero-order chi connectivity index (χ0) is 23.5. The van der Waals surface area contributed by atoms with Crippen molar-refractivity contribution in [1.82, 2.24) is 10.3 Å². The van der Waals surface area contributed by atoms with Crippen LogP contribution in [0.5, 0.6) is 0 Å². The van der Waals surface area contributed by atoms with Crippen LogP contribution in [-0.4, -0.2) is 16.9 Å². The fourth-order valence-corrected chi connectivity index (χ4v) is 3.84. The lowest BCUT2D eigenvalue weighted by atomic mass is 9.85. The van der Waals surface area contributed by atoms with E-state index in [0.717, 1.165) is 24.0 Å². The molecule has 0 unspecified atom stereocenters. The number of nitrogens with one attached hydrogen (secondary N) is 3. The summed E-state index contributed by atoms with van der Waals surface area (Å²) in [6.45, 7) is 6.95. The maximum Gasteiger partial charge on any atom is 0.319 e. The Morgan fingerprint density at radius 2 is 1.55 bits per heavy atom. The van der Waals surface area contributed by atoms with Crippen LogP contribution < -0.4 is 16.0 Å². The molecular formula is C27H30N4O2. The fraction of sp³-hybridized carbons (Fsp3) is 0.296. The second-order valence-corrected chi connectivity index (χ2v) is 9.61. The summed E-state index contributed by atoms with van der Waals surface area (Å²) in [4.78, 5) is 29.4. The van der Waals surface area contributed by atoms with Crippen LogP contribution in [-0.2, 0) is 22.2 Å². The highest BCUT2D eigenvalue weighted by Crippen LogP contribution is 2.49. The minimum absolute atomic E-state index is 0.00898. The first-order valence-electron chi connectivity index (χ1n) is 11.2. The number of pyridine rings is 1. The summed E-state index contributed by atoms with van der Waals surface area (Å²) >= 11 is 0. The van der Waals surface area contributed by atoms with Crippen molar-refractivity contribution < 1.29 is 9.59 Å². The number of hydrogen-bond acceptors (Lipinski definition) is 3. The average molecular weight is 443 g/mol. The molecule has 3 amide bonds. The zero-order valence-electron chi connectivity index (χ0n) is 19.3. The maximum atomic E-state index is 13.2. The Balaban J connectivity index is 1.37. The molecule has 0 bridgehead atoms. The molecule has 1 aliphatic carbocycles. The predicted molar refractivity (Wildman–Crippen MR) is 131 cm³/mol. The summed E-state index contributed by atoms with van der Waals surface area (Å²) in [5.41, 5.74) is 4.15. The van der Waals surface area contributed by atoms with Gasteiger partial charge in [-0.05, 0) is 65.3 Å². The van der Waals surface area contributed by atoms with Gasteiger partial charge in [-0.2, -0.15) is 0 Å². The molecule has 4 rings (SSSR count). The minimum Gasteiger partial charge on any atom is -0.334 e. The monoisotopic (exact) mass is 442 g/mol. The van der Waals surface area contributed by atoms with Crippen LogP contribution in [0.1, 0.15) is 50.3 Å². The first kappa shape index (κ1) is 22.5. The van der Waals surface area contributed by atoms with E-state index in [0.29, 0.717) is 17.9 Å². The van der Waals surface area contributed by atoms with Gasteiger partial charge in [0.2, 0.25) is 5.91 Å². The molecule has 0 radical (unpaired) electrons. The summed E-state index contributed by atoms with van der Waals surface area (Å²) < 4.78 is 0. The second kappa shape index (κ2) is 9.06. The maximum absolute atomic E-state index is 13.2. The molecule has 1 saturated carbocycles. The van der Waals surface area contributed by atoms with Crippen molar-refractivity contribution in [2.24, 2.45) is 0 Å². The molecule has 2 aromatic carbocycles. The van der Waals surface area contributed by atoms with E-state index in [1.807, 2.05) is 24.3 Å². The molecule has 6 heteroatoms. The number of anilines is 2. The van der Waals surface area contributed by atoms with Crippen LogP contribution in [0.15, 0.2) is 73.1 Å². The normalized spacial score (nSPS) is 14.3. The van der Waals surface area contributed by atoms with Crippen LogP contribution >= 0.6 is 0 Å². The molecule has 1 aliphatic rings. The van der Waals surface area contributed by atoms with Gasteiger partial charge < -0.3 is 16.0 Å². The molecule has 170 valence electrons. The number of benzene rings is 2. The number of hydrogen-bond donors (Lipinski definition) is 3. The molecule has 6 nitrogen and oxygen atoms in total. The third kappa shape index (κ3) is 5.40. The van der Waals surface area contributed by atoms with Crippen molar-refractivity contribution in [2.75, 3.05) is 10.6 Å². The molecule has 1 aromatic heterocycles. The van der Waals surface area contributed by atoms with Crippen molar-refractivity contribution in [3.63, 3.8) is 0 Å². The molecule has 1 heterocycles. The van der Waals surface area contributed by atoms with Gasteiger partial charge in [-0.25, -0.2) is 4.79 Å². The lowest BCUT2D eigenvalue weighted by Crippen LogP contribution is -2.29. The lowest BCUT2D eigenvalue weighted by molar-refractivity contribution is -0.118. The molecule has 0 spiro atoms. The molecule has 0 saturated heterocycles. The SMILES string of the molecule is CC(C)(C)c1ccc(C2(C(=O)Nc3cccc(NC(=O)NCc4ccncc4)c3)CC2)cc1. The third-order valence-electron chi connectivity index (χ3n) is 6.07. The van der Waals surface area contributed by atoms with Crippen LogP contribution in [0.3, 0.4) is 0 Å². The van der Waals surface area contributed by atoms with Crippen LogP contribution in [0.25, 0.3) is 0 Å². The Morgan fingerprint density at radius 1 is 0.909 bits per heavy atom. The van der Waals surface area contributed by atoms with E-state index in [1.54, 1.807) is 24.5 Å². The van der Waals surface area contributed by atoms with Crippen LogP contribution in [0.4, 0.5) is 16.2 Å². The van der Waals surface area contributed by atoms with Crippen molar-refractivity contribution in [3.05, 3.63) is 89.7 Å². The van der Waals surface area contributed by atoms with Crippen molar-refractivity contribution in [3.8, 4) is 0 Å². The Labute approximate surface area is 194 Å². The lowest BCUT2D eigenvalue weighted by Gasteiger charge is -2.21. The van der Waals surface area contributed by atoms with Crippen molar-refractivity contribution in [1.29, 1.82) is 0 Å². The average Bonchev–Trinajstić information content (AvgIpc) is 3.60. The highest BCUT2D eigenvalue weighted by Gasteiger charge is 2.51. The molecule has 33 heavy (non-hydrogen) atoms. The van der Waals surface area contributed by atoms with Gasteiger partial charge in [0.1, 0.15) is 0 Å². The first-order chi connectivity index (χ1) is 15.8. The molecule has 0 atom stereocenters. The van der Waals surface area contributed by atoms with E-state index in [-0.39, 0.29) is 17.4 Å². The van der Waals surface area contributed by atoms with Gasteiger partial charge >= 0.3 is 6.03 Å². The highest BCUT2D eigenvalue weighted by molar-refractivity contribution is 6.02. The Kier molecular flexibility index (Phi) is 6.18. The Hall–Kier alpha value is -3.67. The number of carbonyl (C=O) groups is 2. The summed E-state index contributed by atoms with van der Waals surface area (Å²) in [6.07, 6.45) is 5.05. The smallest absolute Gasteiger partial charge is 0.319 e. The quantitative estimate of drug-likeness (QED) is 0.480. The number of amides is 3. The van der Waals surface area contributed by atoms with E-state index in [1.165, 1.54) is 5.56 Å². The standard InChI is InChI=1S/C27H30N4O2/c1-26(2,3)20-7-9-21(10-8-20)27(13-14-27)24(32)30-22-5-4-6-23(17-22)31-25(33)29-18-19-11-15-28-16-12-19/h4-12,15-17H,13-14,18H2,1-3H3,(H,30,32)(H2,29,31,33). The second-order valence-electron chi connectivity index (χ2n) is 9.61. The van der Waals surface area contributed by atoms with E-state index in [2.05, 4.69) is 66.0 Å². The number of urea groups is 1. The molecule has 3 aromatic rings. The van der Waals surface area contributed by atoms with Gasteiger partial charge in [-0.15, -0.1) is 0 Å². The van der Waals surface area contributed by atoms with Gasteiger partial charge in [-0.3, -0.25) is 9.78 Å². The number of nitrogens with zero attached hydrogens (tertiary/aromatic N) is 1. The van der Waals surface area contributed by atoms with E-state index >= 15 is 0 Å². The van der Waals surface area contributed by atoms with E-state index in [4.69, 9.17) is 0 Å². The van der Waals surface area contributed by atoms with Gasteiger partial charge in [0.05, 0.1) is 5.41 Å². The van der Waals surface area contributed by atoms with Gasteiger partial charge in [-0.1, -0.05) is 51.1 Å². The third-order valence-corrected chi connectivity index (χ3v) is 6.07. The highest BCUT2D eigenvalue weighted by atomic mass is 16.2. The van der Waals surface area contributed by atoms with Gasteiger partial charge in [0, 0.05) is 30.3 Å². The van der Waals surface area contributed by atoms with Crippen LogP contribution in [0, 0.1) is 0 Å². The topological polar surface area (TPSA) is 83.1 Å². The van der Waals surface area contributed by atoms with Crippen LogP contribution in [0.2, 0.25) is 0 Å². The summed E-state index contributed by atoms with van der Waals surface area (Å²) in [6, 6.07) is 19.0. The number of rotatable bonds is 6. The minimum atomic E-state index is -0.470. The first-order valence-corrected chi connectivity index (χ1v) is 11.2. The van der Waals surface area contributed by atoms with E-state index < -0.39 is 5.41 Å². The zero-order valence-corrected chi connectivity index (χ0v) is 19.3. The van der Waals surface area contributed by atoms with E-state index in [9.17, 15) is 9.59 Å². The Bertz CT molecular complexity index is 1130. The largest absolute Gasteiger partial charge is 0.334 e. The number of aromatic nitrogens is 1. The molecule has 1 fully saturated rings.